The number of anilines is 1. The summed E-state index contributed by atoms with van der Waals surface area (Å²) in [5.41, 5.74) is 0.958. The van der Waals surface area contributed by atoms with Gasteiger partial charge in [0.1, 0.15) is 28.6 Å². The maximum atomic E-state index is 12.7. The van der Waals surface area contributed by atoms with Crippen molar-refractivity contribution in [1.82, 2.24) is 34.3 Å². The van der Waals surface area contributed by atoms with Gasteiger partial charge in [-0.1, -0.05) is 19.1 Å². The molecule has 2 aliphatic rings. The molecule has 0 aliphatic carbocycles. The monoisotopic (exact) mass is 482 g/mol. The number of halogens is 3. The topological polar surface area (TPSA) is 86.8 Å². The molecule has 0 unspecified atom stereocenters. The fourth-order valence-corrected chi connectivity index (χ4v) is 5.24. The second kappa shape index (κ2) is 7.52. The summed E-state index contributed by atoms with van der Waals surface area (Å²) >= 11 is 0. The van der Waals surface area contributed by atoms with Crippen molar-refractivity contribution >= 4 is 5.82 Å². The number of hydrogen-bond donors (Lipinski definition) is 0. The van der Waals surface area contributed by atoms with Crippen LogP contribution in [-0.4, -0.2) is 47.2 Å². The van der Waals surface area contributed by atoms with Gasteiger partial charge >= 0.3 is 6.36 Å². The van der Waals surface area contributed by atoms with Gasteiger partial charge < -0.3 is 9.64 Å². The Kier molecular flexibility index (Phi) is 4.63. The van der Waals surface area contributed by atoms with Crippen molar-refractivity contribution in [2.24, 2.45) is 0 Å². The van der Waals surface area contributed by atoms with E-state index >= 15 is 0 Å². The third-order valence-electron chi connectivity index (χ3n) is 6.73. The molecule has 3 aromatic heterocycles. The summed E-state index contributed by atoms with van der Waals surface area (Å²) in [6.07, 6.45) is 3.00. The summed E-state index contributed by atoms with van der Waals surface area (Å²) in [6, 6.07) is 5.69. The SMILES string of the molecule is CC[C@@]12CCCN1c1nc(-n3ccnc3-c3cccc(OC(F)(F)F)c3)ncc1-n1c(C)nnc12. The molecule has 0 spiro atoms. The highest BCUT2D eigenvalue weighted by Crippen LogP contribution is 2.49. The standard InChI is InChI=1S/C23H21F3N8O/c1-3-22-8-5-10-33(22)19-17(34-14(2)30-31-20(22)34)13-28-21(29-19)32-11-9-27-18(32)15-6-4-7-16(12-15)35-23(24,25)26/h4,6-7,9,11-13H,3,5,8,10H2,1-2H3/t22-/m0/s1. The van der Waals surface area contributed by atoms with Crippen LogP contribution in [0, 0.1) is 6.92 Å². The average Bonchev–Trinajstić information content (AvgIpc) is 3.56. The molecule has 180 valence electrons. The lowest BCUT2D eigenvalue weighted by molar-refractivity contribution is -0.274. The van der Waals surface area contributed by atoms with Gasteiger partial charge in [0.25, 0.3) is 0 Å². The quantitative estimate of drug-likeness (QED) is 0.428. The van der Waals surface area contributed by atoms with Gasteiger partial charge in [-0.05, 0) is 38.3 Å². The van der Waals surface area contributed by atoms with Gasteiger partial charge in [-0.2, -0.15) is 4.98 Å². The second-order valence-electron chi connectivity index (χ2n) is 8.62. The van der Waals surface area contributed by atoms with Crippen LogP contribution in [0.4, 0.5) is 19.0 Å². The molecule has 1 saturated heterocycles. The van der Waals surface area contributed by atoms with E-state index in [0.29, 0.717) is 17.3 Å². The van der Waals surface area contributed by atoms with Gasteiger partial charge in [0.15, 0.2) is 11.6 Å². The first-order valence-electron chi connectivity index (χ1n) is 11.3. The lowest BCUT2D eigenvalue weighted by atomic mass is 9.90. The van der Waals surface area contributed by atoms with Crippen LogP contribution >= 0.6 is 0 Å². The van der Waals surface area contributed by atoms with E-state index in [1.54, 1.807) is 29.2 Å². The minimum Gasteiger partial charge on any atom is -0.406 e. The molecule has 2 aliphatic heterocycles. The summed E-state index contributed by atoms with van der Waals surface area (Å²) in [5, 5.41) is 8.84. The lowest BCUT2D eigenvalue weighted by Gasteiger charge is -2.42. The number of hydrogen-bond acceptors (Lipinski definition) is 7. The molecule has 6 rings (SSSR count). The first kappa shape index (κ1) is 21.6. The Morgan fingerprint density at radius 3 is 2.83 bits per heavy atom. The van der Waals surface area contributed by atoms with Crippen LogP contribution in [0.5, 0.6) is 5.75 Å². The fourth-order valence-electron chi connectivity index (χ4n) is 5.24. The van der Waals surface area contributed by atoms with Crippen molar-refractivity contribution in [2.75, 3.05) is 11.4 Å². The van der Waals surface area contributed by atoms with E-state index in [4.69, 9.17) is 4.98 Å². The van der Waals surface area contributed by atoms with Gasteiger partial charge in [-0.3, -0.25) is 9.13 Å². The number of rotatable bonds is 4. The largest absolute Gasteiger partial charge is 0.573 e. The number of ether oxygens (including phenoxy) is 1. The van der Waals surface area contributed by atoms with Crippen LogP contribution in [0.3, 0.4) is 0 Å². The van der Waals surface area contributed by atoms with Gasteiger partial charge in [0.05, 0.1) is 6.20 Å². The Balaban J connectivity index is 1.46. The predicted molar refractivity (Wildman–Crippen MR) is 119 cm³/mol. The molecule has 9 nitrogen and oxygen atoms in total. The zero-order valence-corrected chi connectivity index (χ0v) is 19.0. The number of benzene rings is 1. The average molecular weight is 482 g/mol. The van der Waals surface area contributed by atoms with E-state index in [2.05, 4.69) is 36.7 Å². The van der Waals surface area contributed by atoms with E-state index in [0.717, 1.165) is 49.0 Å². The van der Waals surface area contributed by atoms with Crippen molar-refractivity contribution in [2.45, 2.75) is 45.0 Å². The number of aryl methyl sites for hydroxylation is 1. The highest BCUT2D eigenvalue weighted by Gasteiger charge is 2.50. The third kappa shape index (κ3) is 3.27. The van der Waals surface area contributed by atoms with E-state index in [1.165, 1.54) is 18.2 Å². The van der Waals surface area contributed by atoms with Crippen LogP contribution < -0.4 is 9.64 Å². The third-order valence-corrected chi connectivity index (χ3v) is 6.73. The van der Waals surface area contributed by atoms with Crippen LogP contribution in [0.1, 0.15) is 37.8 Å². The Morgan fingerprint density at radius 1 is 1.17 bits per heavy atom. The molecule has 0 amide bonds. The van der Waals surface area contributed by atoms with Crippen LogP contribution in [-0.2, 0) is 5.54 Å². The molecular weight excluding hydrogens is 461 g/mol. The second-order valence-corrected chi connectivity index (χ2v) is 8.62. The van der Waals surface area contributed by atoms with E-state index in [-0.39, 0.29) is 11.3 Å². The maximum Gasteiger partial charge on any atom is 0.573 e. The molecule has 1 fully saturated rings. The Bertz CT molecular complexity index is 1430. The van der Waals surface area contributed by atoms with Crippen molar-refractivity contribution in [3.05, 3.63) is 54.5 Å². The zero-order chi connectivity index (χ0) is 24.4. The maximum absolute atomic E-state index is 12.7. The first-order chi connectivity index (χ1) is 16.8. The number of nitrogens with zero attached hydrogens (tertiary/aromatic N) is 8. The number of fused-ring (bicyclic) bond motifs is 6. The molecule has 0 saturated carbocycles. The smallest absolute Gasteiger partial charge is 0.406 e. The fraction of sp³-hybridized carbons (Fsp3) is 0.348. The van der Waals surface area contributed by atoms with Gasteiger partial charge in [0.2, 0.25) is 5.95 Å². The molecule has 1 aromatic carbocycles. The molecule has 1 atom stereocenters. The molecule has 0 N–H and O–H groups in total. The summed E-state index contributed by atoms with van der Waals surface area (Å²) in [7, 11) is 0. The molecule has 5 heterocycles. The first-order valence-corrected chi connectivity index (χ1v) is 11.3. The zero-order valence-electron chi connectivity index (χ0n) is 19.0. The predicted octanol–water partition coefficient (Wildman–Crippen LogP) is 4.34. The normalized spacial score (nSPS) is 18.8. The molecule has 0 radical (unpaired) electrons. The van der Waals surface area contributed by atoms with Crippen LogP contribution in [0.15, 0.2) is 42.9 Å². The van der Waals surface area contributed by atoms with Crippen molar-refractivity contribution < 1.29 is 17.9 Å². The highest BCUT2D eigenvalue weighted by atomic mass is 19.4. The Labute approximate surface area is 198 Å². The van der Waals surface area contributed by atoms with Crippen molar-refractivity contribution in [1.29, 1.82) is 0 Å². The summed E-state index contributed by atoms with van der Waals surface area (Å²) < 4.78 is 45.9. The van der Waals surface area contributed by atoms with Gasteiger partial charge in [-0.25, -0.2) is 9.97 Å². The summed E-state index contributed by atoms with van der Waals surface area (Å²) in [4.78, 5) is 16.2. The number of alkyl halides is 3. The molecular formula is C23H21F3N8O. The van der Waals surface area contributed by atoms with E-state index < -0.39 is 6.36 Å². The lowest BCUT2D eigenvalue weighted by Crippen LogP contribution is -2.47. The minimum absolute atomic E-state index is 0.291. The van der Waals surface area contributed by atoms with Crippen molar-refractivity contribution in [3.63, 3.8) is 0 Å². The number of aromatic nitrogens is 7. The van der Waals surface area contributed by atoms with Crippen molar-refractivity contribution in [3.8, 4) is 28.8 Å². The molecule has 12 heteroatoms. The Hall–Kier alpha value is -3.96. The highest BCUT2D eigenvalue weighted by molar-refractivity contribution is 5.66. The summed E-state index contributed by atoms with van der Waals surface area (Å²) in [6.45, 7) is 4.88. The van der Waals surface area contributed by atoms with Crippen LogP contribution in [0.25, 0.3) is 23.0 Å². The Morgan fingerprint density at radius 2 is 2.03 bits per heavy atom. The molecule has 0 bridgehead atoms. The summed E-state index contributed by atoms with van der Waals surface area (Å²) in [5.74, 6) is 2.89. The van der Waals surface area contributed by atoms with Gasteiger partial charge in [0, 0.05) is 24.5 Å². The van der Waals surface area contributed by atoms with E-state index in [9.17, 15) is 13.2 Å². The molecule has 4 aromatic rings. The van der Waals surface area contributed by atoms with Crippen LogP contribution in [0.2, 0.25) is 0 Å². The van der Waals surface area contributed by atoms with E-state index in [1.807, 2.05) is 11.5 Å². The number of imidazole rings is 1. The minimum atomic E-state index is -4.78. The van der Waals surface area contributed by atoms with Gasteiger partial charge in [-0.15, -0.1) is 23.4 Å². The molecule has 35 heavy (non-hydrogen) atoms.